The number of aromatic nitrogens is 2. The SMILES string of the molecule is NCCC(=O)Nc1cc(C[n+]2ccn3cc(C(=O)NCc4ccc(S(=O)(=O)c5cc(F)cc(F)c5)cc4)ccc32)ccc1O[C@@H]1O[C@H](C(=O)O)[C@@H](O)[C@H](O)[C@H]1O. The van der Waals surface area contributed by atoms with Gasteiger partial charge in [0.05, 0.1) is 21.0 Å². The second kappa shape index (κ2) is 16.5. The fraction of sp³-hybridized carbons (Fsp3) is 0.243. The molecule has 16 nitrogen and oxygen atoms in total. The summed E-state index contributed by atoms with van der Waals surface area (Å²) in [6, 6.07) is 15.6. The minimum atomic E-state index is -4.18. The van der Waals surface area contributed by atoms with Crippen LogP contribution in [0, 0.1) is 11.6 Å². The fourth-order valence-corrected chi connectivity index (χ4v) is 7.25. The van der Waals surface area contributed by atoms with E-state index in [1.807, 2.05) is 4.57 Å². The molecule has 5 aromatic rings. The number of aliphatic carboxylic acids is 1. The van der Waals surface area contributed by atoms with Crippen LogP contribution in [-0.2, 0) is 37.3 Å². The van der Waals surface area contributed by atoms with Gasteiger partial charge in [-0.25, -0.2) is 31.0 Å². The number of hydrogen-bond donors (Lipinski definition) is 7. The highest BCUT2D eigenvalue weighted by Crippen LogP contribution is 2.31. The van der Waals surface area contributed by atoms with Crippen molar-refractivity contribution in [2.45, 2.75) is 60.0 Å². The number of carbonyl (C=O) groups excluding carboxylic acids is 2. The molecule has 19 heteroatoms. The zero-order chi connectivity index (χ0) is 40.3. The topological polar surface area (TPSA) is 243 Å². The number of pyridine rings is 1. The average Bonchev–Trinajstić information content (AvgIpc) is 3.56. The number of fused-ring (bicyclic) bond motifs is 1. The van der Waals surface area contributed by atoms with E-state index in [9.17, 15) is 52.0 Å². The maximum absolute atomic E-state index is 13.6. The Bertz CT molecular complexity index is 2370. The van der Waals surface area contributed by atoms with E-state index in [4.69, 9.17) is 15.2 Å². The summed E-state index contributed by atoms with van der Waals surface area (Å²) < 4.78 is 67.5. The molecule has 2 amide bonds. The van der Waals surface area contributed by atoms with E-state index >= 15 is 0 Å². The lowest BCUT2D eigenvalue weighted by Gasteiger charge is -2.38. The highest BCUT2D eigenvalue weighted by atomic mass is 32.2. The monoisotopic (exact) mass is 796 g/mol. The molecule has 56 heavy (non-hydrogen) atoms. The van der Waals surface area contributed by atoms with Crippen molar-refractivity contribution in [2.24, 2.45) is 5.73 Å². The van der Waals surface area contributed by atoms with Crippen LogP contribution < -0.4 is 25.7 Å². The second-order valence-electron chi connectivity index (χ2n) is 12.8. The van der Waals surface area contributed by atoms with E-state index < -0.39 is 74.9 Å². The molecule has 8 N–H and O–H groups in total. The molecular formula is C37H36F2N5O11S+. The van der Waals surface area contributed by atoms with Crippen LogP contribution in [0.25, 0.3) is 5.65 Å². The summed E-state index contributed by atoms with van der Waals surface area (Å²) in [4.78, 5) is 36.4. The maximum atomic E-state index is 13.6. The lowest BCUT2D eigenvalue weighted by molar-refractivity contribution is -0.661. The summed E-state index contributed by atoms with van der Waals surface area (Å²) in [6.07, 6.45) is -4.21. The summed E-state index contributed by atoms with van der Waals surface area (Å²) in [5.41, 5.74) is 7.88. The molecule has 0 saturated carbocycles. The summed E-state index contributed by atoms with van der Waals surface area (Å²) in [5, 5.41) is 45.5. The quantitative estimate of drug-likeness (QED) is 0.0822. The van der Waals surface area contributed by atoms with E-state index in [-0.39, 0.29) is 42.4 Å². The number of aliphatic hydroxyl groups excluding tert-OH is 3. The van der Waals surface area contributed by atoms with Gasteiger partial charge in [0, 0.05) is 31.6 Å². The van der Waals surface area contributed by atoms with Gasteiger partial charge in [0.1, 0.15) is 60.8 Å². The van der Waals surface area contributed by atoms with Crippen molar-refractivity contribution in [3.8, 4) is 5.75 Å². The first-order chi connectivity index (χ1) is 26.6. The van der Waals surface area contributed by atoms with Crippen molar-refractivity contribution in [1.29, 1.82) is 0 Å². The molecule has 294 valence electrons. The van der Waals surface area contributed by atoms with Gasteiger partial charge >= 0.3 is 5.97 Å². The molecule has 3 heterocycles. The Morgan fingerprint density at radius 2 is 1.59 bits per heavy atom. The van der Waals surface area contributed by atoms with Gasteiger partial charge in [-0.3, -0.25) is 9.59 Å². The van der Waals surface area contributed by atoms with Gasteiger partial charge in [0.2, 0.25) is 22.0 Å². The van der Waals surface area contributed by atoms with Gasteiger partial charge in [0.25, 0.3) is 11.6 Å². The molecule has 0 bridgehead atoms. The Kier molecular flexibility index (Phi) is 11.7. The molecule has 0 radical (unpaired) electrons. The van der Waals surface area contributed by atoms with Gasteiger partial charge in [0.15, 0.2) is 6.10 Å². The first-order valence-corrected chi connectivity index (χ1v) is 18.4. The number of carboxylic acid groups (broad SMARTS) is 1. The first kappa shape index (κ1) is 39.9. The molecule has 0 unspecified atom stereocenters. The number of anilines is 1. The third kappa shape index (κ3) is 8.67. The summed E-state index contributed by atoms with van der Waals surface area (Å²) >= 11 is 0. The van der Waals surface area contributed by atoms with E-state index in [0.29, 0.717) is 28.4 Å². The van der Waals surface area contributed by atoms with Crippen LogP contribution in [0.15, 0.2) is 101 Å². The Labute approximate surface area is 317 Å². The van der Waals surface area contributed by atoms with Crippen molar-refractivity contribution in [1.82, 2.24) is 9.72 Å². The third-order valence-corrected chi connectivity index (χ3v) is 10.6. The largest absolute Gasteiger partial charge is 0.479 e. The van der Waals surface area contributed by atoms with E-state index in [1.165, 1.54) is 30.3 Å². The van der Waals surface area contributed by atoms with Gasteiger partial charge in [-0.15, -0.1) is 0 Å². The molecule has 1 saturated heterocycles. The van der Waals surface area contributed by atoms with Crippen LogP contribution in [0.5, 0.6) is 5.75 Å². The number of imidazole rings is 1. The molecule has 6 rings (SSSR count). The predicted molar refractivity (Wildman–Crippen MR) is 190 cm³/mol. The van der Waals surface area contributed by atoms with Gasteiger partial charge in [-0.2, -0.15) is 0 Å². The lowest BCUT2D eigenvalue weighted by atomic mass is 9.99. The highest BCUT2D eigenvalue weighted by molar-refractivity contribution is 7.91. The number of sulfone groups is 1. The summed E-state index contributed by atoms with van der Waals surface area (Å²) in [5.74, 6) is -4.54. The Morgan fingerprint density at radius 3 is 2.27 bits per heavy atom. The normalized spacial score (nSPS) is 19.7. The minimum Gasteiger partial charge on any atom is -0.479 e. The number of carbonyl (C=O) groups is 3. The van der Waals surface area contributed by atoms with Gasteiger partial charge < -0.3 is 46.3 Å². The number of rotatable bonds is 13. The van der Waals surface area contributed by atoms with Crippen LogP contribution >= 0.6 is 0 Å². The molecule has 1 fully saturated rings. The predicted octanol–water partition coefficient (Wildman–Crippen LogP) is 0.874. The molecule has 0 spiro atoms. The molecule has 5 atom stereocenters. The number of nitrogens with one attached hydrogen (secondary N) is 2. The number of carboxylic acids is 1. The van der Waals surface area contributed by atoms with Gasteiger partial charge in [-0.1, -0.05) is 18.2 Å². The number of ether oxygens (including phenoxy) is 2. The van der Waals surface area contributed by atoms with Gasteiger partial charge in [-0.05, 0) is 53.6 Å². The molecule has 2 aromatic heterocycles. The Balaban J connectivity index is 1.14. The lowest BCUT2D eigenvalue weighted by Crippen LogP contribution is -2.61. The molecule has 1 aliphatic rings. The van der Waals surface area contributed by atoms with E-state index in [2.05, 4.69) is 10.6 Å². The number of aliphatic hydroxyl groups is 3. The Hall–Kier alpha value is -5.83. The molecule has 0 aliphatic carbocycles. The summed E-state index contributed by atoms with van der Waals surface area (Å²) in [7, 11) is -4.18. The molecular weight excluding hydrogens is 760 g/mol. The average molecular weight is 797 g/mol. The third-order valence-electron chi connectivity index (χ3n) is 8.85. The van der Waals surface area contributed by atoms with E-state index in [0.717, 1.165) is 12.1 Å². The van der Waals surface area contributed by atoms with Crippen molar-refractivity contribution in [3.05, 3.63) is 120 Å². The van der Waals surface area contributed by atoms with Crippen molar-refractivity contribution >= 4 is 39.0 Å². The number of nitrogens with zero attached hydrogens (tertiary/aromatic N) is 2. The second-order valence-corrected chi connectivity index (χ2v) is 14.8. The van der Waals surface area contributed by atoms with Crippen LogP contribution in [-0.4, -0.2) is 88.3 Å². The fourth-order valence-electron chi connectivity index (χ4n) is 5.95. The number of amides is 2. The van der Waals surface area contributed by atoms with Crippen LogP contribution in [0.4, 0.5) is 14.5 Å². The summed E-state index contributed by atoms with van der Waals surface area (Å²) in [6.45, 7) is 0.360. The number of hydrogen-bond acceptors (Lipinski definition) is 11. The number of nitrogens with two attached hydrogens (primary N) is 1. The standard InChI is InChI=1S/C37H35F2N5O11S/c38-23-14-24(39)16-26(15-23)56(52,53)25-5-1-20(2-6-25)17-41-35(49)22-4-8-30-43(11-12-44(30)19-22)18-21-3-7-28(27(13-21)42-29(45)9-10-40)54-37-33(48)31(46)32(47)34(55-37)36(50)51/h1-8,11-16,19,31-34,37,46-48H,9-10,17-18,40H2,(H2-,41,42,45,49,50,51)/p+1/t31-,32-,33+,34-,37+/m0/s1. The van der Waals surface area contributed by atoms with Crippen LogP contribution in [0.2, 0.25) is 0 Å². The number of halogens is 2. The first-order valence-electron chi connectivity index (χ1n) is 16.9. The van der Waals surface area contributed by atoms with Crippen LogP contribution in [0.1, 0.15) is 27.9 Å². The minimum absolute atomic E-state index is 0.0279. The van der Waals surface area contributed by atoms with Crippen molar-refractivity contribution < 1.29 is 66.0 Å². The smallest absolute Gasteiger partial charge is 0.335 e. The maximum Gasteiger partial charge on any atom is 0.335 e. The highest BCUT2D eigenvalue weighted by Gasteiger charge is 2.48. The zero-order valence-electron chi connectivity index (χ0n) is 29.2. The number of benzene rings is 3. The van der Waals surface area contributed by atoms with E-state index in [1.54, 1.807) is 47.3 Å². The van der Waals surface area contributed by atoms with Crippen LogP contribution in [0.3, 0.4) is 0 Å². The molecule has 3 aromatic carbocycles. The Morgan fingerprint density at radius 1 is 0.893 bits per heavy atom. The van der Waals surface area contributed by atoms with Crippen molar-refractivity contribution in [3.63, 3.8) is 0 Å². The molecule has 1 aliphatic heterocycles. The zero-order valence-corrected chi connectivity index (χ0v) is 30.0. The van der Waals surface area contributed by atoms with Crippen molar-refractivity contribution in [2.75, 3.05) is 11.9 Å².